The summed E-state index contributed by atoms with van der Waals surface area (Å²) >= 11 is 0. The van der Waals surface area contributed by atoms with E-state index in [0.717, 1.165) is 11.3 Å². The summed E-state index contributed by atoms with van der Waals surface area (Å²) in [6.45, 7) is 0. The van der Waals surface area contributed by atoms with E-state index in [0.29, 0.717) is 12.1 Å². The van der Waals surface area contributed by atoms with Crippen LogP contribution in [-0.2, 0) is 9.53 Å². The standard InChI is InChI=1S/C14H13NO2/c1-17-14(16)13-10-6-5-9-12(15-13)11-7-3-2-4-8-11/h2-5,7-10H,6H2,1H3. The van der Waals surface area contributed by atoms with Crippen molar-refractivity contribution in [2.45, 2.75) is 6.42 Å². The lowest BCUT2D eigenvalue weighted by atomic mass is 10.1. The smallest absolute Gasteiger partial charge is 0.356 e. The highest BCUT2D eigenvalue weighted by atomic mass is 16.5. The van der Waals surface area contributed by atoms with Crippen LogP contribution in [0.5, 0.6) is 0 Å². The Morgan fingerprint density at radius 1 is 1.29 bits per heavy atom. The summed E-state index contributed by atoms with van der Waals surface area (Å²) in [6, 6.07) is 9.75. The molecule has 3 nitrogen and oxygen atoms in total. The molecule has 0 saturated heterocycles. The van der Waals surface area contributed by atoms with Crippen LogP contribution in [0.3, 0.4) is 0 Å². The van der Waals surface area contributed by atoms with Crippen LogP contribution in [0.25, 0.3) is 0 Å². The molecule has 3 heteroatoms. The minimum atomic E-state index is -0.401. The van der Waals surface area contributed by atoms with E-state index in [1.54, 1.807) is 6.08 Å². The minimum absolute atomic E-state index is 0.358. The molecule has 86 valence electrons. The molecule has 1 aromatic rings. The van der Waals surface area contributed by atoms with E-state index >= 15 is 0 Å². The Balaban J connectivity index is 2.37. The number of aliphatic imine (C=N–C) groups is 1. The fraction of sp³-hybridized carbons (Fsp3) is 0.143. The first-order valence-corrected chi connectivity index (χ1v) is 5.40. The van der Waals surface area contributed by atoms with Gasteiger partial charge in [0.05, 0.1) is 12.8 Å². The number of hydrogen-bond donors (Lipinski definition) is 0. The molecule has 0 spiro atoms. The second-order valence-corrected chi connectivity index (χ2v) is 3.58. The zero-order valence-electron chi connectivity index (χ0n) is 9.59. The summed E-state index contributed by atoms with van der Waals surface area (Å²) in [5.41, 5.74) is 2.12. The second kappa shape index (κ2) is 5.25. The van der Waals surface area contributed by atoms with Crippen LogP contribution in [0.4, 0.5) is 0 Å². The van der Waals surface area contributed by atoms with Gasteiger partial charge in [-0.1, -0.05) is 36.4 Å². The predicted octanol–water partition coefficient (Wildman–Crippen LogP) is 2.49. The first-order valence-electron chi connectivity index (χ1n) is 5.40. The zero-order valence-corrected chi connectivity index (χ0v) is 9.59. The Morgan fingerprint density at radius 2 is 2.06 bits per heavy atom. The molecule has 1 aromatic carbocycles. The Kier molecular flexibility index (Phi) is 3.50. The first-order chi connectivity index (χ1) is 8.31. The van der Waals surface area contributed by atoms with Crippen LogP contribution in [-0.4, -0.2) is 18.8 Å². The molecule has 1 aliphatic heterocycles. The molecule has 0 aromatic heterocycles. The predicted molar refractivity (Wildman–Crippen MR) is 66.8 cm³/mol. The van der Waals surface area contributed by atoms with E-state index in [2.05, 4.69) is 9.73 Å². The molecule has 0 fully saturated rings. The van der Waals surface area contributed by atoms with Crippen molar-refractivity contribution in [1.82, 2.24) is 0 Å². The van der Waals surface area contributed by atoms with Gasteiger partial charge < -0.3 is 4.74 Å². The van der Waals surface area contributed by atoms with Gasteiger partial charge in [0, 0.05) is 5.56 Å². The molecule has 0 N–H and O–H groups in total. The highest BCUT2D eigenvalue weighted by molar-refractivity contribution is 6.11. The van der Waals surface area contributed by atoms with Gasteiger partial charge in [0.25, 0.3) is 0 Å². The number of hydrogen-bond acceptors (Lipinski definition) is 3. The molecule has 0 aliphatic carbocycles. The van der Waals surface area contributed by atoms with Crippen molar-refractivity contribution in [3.05, 3.63) is 59.8 Å². The van der Waals surface area contributed by atoms with Gasteiger partial charge in [-0.2, -0.15) is 0 Å². The lowest BCUT2D eigenvalue weighted by Gasteiger charge is -2.02. The summed E-state index contributed by atoms with van der Waals surface area (Å²) in [6.07, 6.45) is 6.34. The number of carbonyl (C=O) groups is 1. The van der Waals surface area contributed by atoms with E-state index in [1.165, 1.54) is 7.11 Å². The Bertz CT molecular complexity index is 498. The van der Waals surface area contributed by atoms with Crippen molar-refractivity contribution in [2.24, 2.45) is 4.99 Å². The largest absolute Gasteiger partial charge is 0.464 e. The third-order valence-electron chi connectivity index (χ3n) is 2.43. The summed E-state index contributed by atoms with van der Waals surface area (Å²) in [5.74, 6) is -0.401. The van der Waals surface area contributed by atoms with E-state index < -0.39 is 5.97 Å². The van der Waals surface area contributed by atoms with Gasteiger partial charge in [-0.3, -0.25) is 0 Å². The van der Waals surface area contributed by atoms with Crippen molar-refractivity contribution in [1.29, 1.82) is 0 Å². The third-order valence-corrected chi connectivity index (χ3v) is 2.43. The average molecular weight is 227 g/mol. The number of allylic oxidation sites excluding steroid dienone is 3. The monoisotopic (exact) mass is 227 g/mol. The van der Waals surface area contributed by atoms with Crippen molar-refractivity contribution in [3.63, 3.8) is 0 Å². The lowest BCUT2D eigenvalue weighted by Crippen LogP contribution is -2.05. The average Bonchev–Trinajstić information content (AvgIpc) is 2.64. The molecular weight excluding hydrogens is 214 g/mol. The summed E-state index contributed by atoms with van der Waals surface area (Å²) < 4.78 is 4.69. The highest BCUT2D eigenvalue weighted by Gasteiger charge is 2.11. The summed E-state index contributed by atoms with van der Waals surface area (Å²) in [4.78, 5) is 15.8. The maximum Gasteiger partial charge on any atom is 0.356 e. The Hall–Kier alpha value is -2.16. The van der Waals surface area contributed by atoms with Gasteiger partial charge in [0.1, 0.15) is 5.70 Å². The molecule has 17 heavy (non-hydrogen) atoms. The number of methoxy groups -OCH3 is 1. The number of nitrogens with zero attached hydrogens (tertiary/aromatic N) is 1. The SMILES string of the molecule is COC(=O)C1=CCC=CC(c2ccccc2)=N1. The van der Waals surface area contributed by atoms with Gasteiger partial charge in [-0.15, -0.1) is 0 Å². The van der Waals surface area contributed by atoms with Crippen molar-refractivity contribution in [3.8, 4) is 0 Å². The molecule has 0 radical (unpaired) electrons. The fourth-order valence-corrected chi connectivity index (χ4v) is 1.58. The molecule has 0 saturated carbocycles. The van der Waals surface area contributed by atoms with Crippen LogP contribution in [0.1, 0.15) is 12.0 Å². The van der Waals surface area contributed by atoms with Gasteiger partial charge in [-0.05, 0) is 18.6 Å². The number of ether oxygens (including phenoxy) is 1. The van der Waals surface area contributed by atoms with Gasteiger partial charge in [0.2, 0.25) is 0 Å². The molecule has 0 amide bonds. The Morgan fingerprint density at radius 3 is 2.76 bits per heavy atom. The number of carbonyl (C=O) groups excluding carboxylic acids is 1. The lowest BCUT2D eigenvalue weighted by molar-refractivity contribution is -0.136. The van der Waals surface area contributed by atoms with E-state index in [1.807, 2.05) is 42.5 Å². The first kappa shape index (κ1) is 11.3. The van der Waals surface area contributed by atoms with Crippen LogP contribution >= 0.6 is 0 Å². The molecule has 2 rings (SSSR count). The van der Waals surface area contributed by atoms with Gasteiger partial charge in [0.15, 0.2) is 0 Å². The van der Waals surface area contributed by atoms with Gasteiger partial charge >= 0.3 is 5.97 Å². The summed E-state index contributed by atoms with van der Waals surface area (Å²) in [5, 5.41) is 0. The minimum Gasteiger partial charge on any atom is -0.464 e. The molecular formula is C14H13NO2. The maximum absolute atomic E-state index is 11.5. The van der Waals surface area contributed by atoms with E-state index in [4.69, 9.17) is 0 Å². The number of esters is 1. The van der Waals surface area contributed by atoms with Crippen molar-refractivity contribution < 1.29 is 9.53 Å². The number of rotatable bonds is 2. The maximum atomic E-state index is 11.5. The fourth-order valence-electron chi connectivity index (χ4n) is 1.58. The van der Waals surface area contributed by atoms with E-state index in [-0.39, 0.29) is 0 Å². The van der Waals surface area contributed by atoms with Crippen LogP contribution in [0, 0.1) is 0 Å². The molecule has 1 aliphatic rings. The molecule has 0 bridgehead atoms. The number of benzene rings is 1. The van der Waals surface area contributed by atoms with Crippen LogP contribution in [0.15, 0.2) is 59.2 Å². The van der Waals surface area contributed by atoms with E-state index in [9.17, 15) is 4.79 Å². The topological polar surface area (TPSA) is 38.7 Å². The van der Waals surface area contributed by atoms with Crippen molar-refractivity contribution >= 4 is 11.7 Å². The third kappa shape index (κ3) is 2.69. The summed E-state index contributed by atoms with van der Waals surface area (Å²) in [7, 11) is 1.36. The second-order valence-electron chi connectivity index (χ2n) is 3.58. The highest BCUT2D eigenvalue weighted by Crippen LogP contribution is 2.12. The van der Waals surface area contributed by atoms with Crippen molar-refractivity contribution in [2.75, 3.05) is 7.11 Å². The molecule has 0 unspecified atom stereocenters. The molecule has 0 atom stereocenters. The van der Waals surface area contributed by atoms with Crippen LogP contribution in [0.2, 0.25) is 0 Å². The molecule has 1 heterocycles. The van der Waals surface area contributed by atoms with Gasteiger partial charge in [-0.25, -0.2) is 9.79 Å². The Labute approximate surface area is 100 Å². The zero-order chi connectivity index (χ0) is 12.1. The normalized spacial score (nSPS) is 14.6. The quantitative estimate of drug-likeness (QED) is 0.728. The van der Waals surface area contributed by atoms with Crippen LogP contribution < -0.4 is 0 Å².